The van der Waals surface area contributed by atoms with Gasteiger partial charge in [-0.3, -0.25) is 9.59 Å². The number of amides is 2. The fourth-order valence-corrected chi connectivity index (χ4v) is 1.96. The minimum Gasteiger partial charge on any atom is -0.385 e. The molecule has 6 heteroatoms. The zero-order valence-corrected chi connectivity index (χ0v) is 12.7. The van der Waals surface area contributed by atoms with Crippen LogP contribution in [0, 0.1) is 6.92 Å². The van der Waals surface area contributed by atoms with Gasteiger partial charge in [0.1, 0.15) is 0 Å². The Morgan fingerprint density at radius 3 is 2.71 bits per heavy atom. The van der Waals surface area contributed by atoms with Gasteiger partial charge in [0, 0.05) is 32.0 Å². The van der Waals surface area contributed by atoms with Crippen molar-refractivity contribution < 1.29 is 14.3 Å². The molecule has 116 valence electrons. The van der Waals surface area contributed by atoms with Crippen LogP contribution < -0.4 is 16.4 Å². The number of methoxy groups -OCH3 is 1. The molecule has 0 radical (unpaired) electrons. The summed E-state index contributed by atoms with van der Waals surface area (Å²) in [5, 5.41) is 5.34. The van der Waals surface area contributed by atoms with Gasteiger partial charge in [-0.25, -0.2) is 0 Å². The van der Waals surface area contributed by atoms with Crippen LogP contribution in [0.25, 0.3) is 0 Å². The molecule has 0 aliphatic heterocycles. The topological polar surface area (TPSA) is 93.5 Å². The highest BCUT2D eigenvalue weighted by Crippen LogP contribution is 2.19. The van der Waals surface area contributed by atoms with Gasteiger partial charge in [-0.1, -0.05) is 6.07 Å². The van der Waals surface area contributed by atoms with Gasteiger partial charge in [-0.15, -0.1) is 0 Å². The van der Waals surface area contributed by atoms with Crippen molar-refractivity contribution in [1.82, 2.24) is 5.32 Å². The van der Waals surface area contributed by atoms with Crippen molar-refractivity contribution in [3.63, 3.8) is 0 Å². The summed E-state index contributed by atoms with van der Waals surface area (Å²) in [5.74, 6) is -0.448. The second-order valence-electron chi connectivity index (χ2n) is 4.79. The maximum atomic E-state index is 12.0. The molecule has 0 saturated carbocycles. The molecular weight excluding hydrogens is 270 g/mol. The smallest absolute Gasteiger partial charge is 0.251 e. The van der Waals surface area contributed by atoms with E-state index in [0.29, 0.717) is 29.8 Å². The summed E-state index contributed by atoms with van der Waals surface area (Å²) in [4.78, 5) is 23.8. The molecule has 1 rings (SSSR count). The first-order valence-corrected chi connectivity index (χ1v) is 6.88. The predicted molar refractivity (Wildman–Crippen MR) is 82.3 cm³/mol. The minimum absolute atomic E-state index is 0.187. The number of carbonyl (C=O) groups excluding carboxylic acids is 2. The fraction of sp³-hybridized carbons (Fsp3) is 0.467. The number of hydrogen-bond donors (Lipinski definition) is 3. The fourth-order valence-electron chi connectivity index (χ4n) is 1.96. The Morgan fingerprint density at radius 2 is 2.10 bits per heavy atom. The van der Waals surface area contributed by atoms with Crippen LogP contribution in [0.3, 0.4) is 0 Å². The molecular formula is C15H23N3O3. The molecule has 6 nitrogen and oxygen atoms in total. The summed E-state index contributed by atoms with van der Waals surface area (Å²) in [6.45, 7) is 2.36. The highest BCUT2D eigenvalue weighted by Gasteiger charge is 2.16. The summed E-state index contributed by atoms with van der Waals surface area (Å²) in [6.07, 6.45) is 1.27. The lowest BCUT2D eigenvalue weighted by Gasteiger charge is -2.15. The maximum absolute atomic E-state index is 12.0. The van der Waals surface area contributed by atoms with Gasteiger partial charge in [0.05, 0.1) is 6.04 Å². The highest BCUT2D eigenvalue weighted by molar-refractivity contribution is 6.00. The van der Waals surface area contributed by atoms with Crippen molar-refractivity contribution in [2.45, 2.75) is 25.8 Å². The lowest BCUT2D eigenvalue weighted by molar-refractivity contribution is -0.117. The van der Waals surface area contributed by atoms with Crippen LogP contribution >= 0.6 is 0 Å². The van der Waals surface area contributed by atoms with Crippen molar-refractivity contribution >= 4 is 17.5 Å². The van der Waals surface area contributed by atoms with Gasteiger partial charge in [0.2, 0.25) is 5.91 Å². The van der Waals surface area contributed by atoms with E-state index in [1.807, 2.05) is 0 Å². The van der Waals surface area contributed by atoms with Crippen molar-refractivity contribution in [1.29, 1.82) is 0 Å². The Kier molecular flexibility index (Phi) is 6.84. The molecule has 21 heavy (non-hydrogen) atoms. The lowest BCUT2D eigenvalue weighted by Crippen LogP contribution is -2.36. The zero-order valence-electron chi connectivity index (χ0n) is 12.7. The molecule has 0 aliphatic carbocycles. The van der Waals surface area contributed by atoms with E-state index in [4.69, 9.17) is 10.5 Å². The standard InChI is InChI=1S/C15H23N3O3/c1-10-11(14(19)17-2)6-4-8-13(10)18-15(20)12(16)7-5-9-21-3/h4,6,8,12H,5,7,9,16H2,1-3H3,(H,17,19)(H,18,20). The van der Waals surface area contributed by atoms with Crippen LogP contribution in [0.4, 0.5) is 5.69 Å². The largest absolute Gasteiger partial charge is 0.385 e. The molecule has 0 heterocycles. The average molecular weight is 293 g/mol. The molecule has 0 saturated heterocycles. The Balaban J connectivity index is 2.74. The molecule has 0 fully saturated rings. The number of anilines is 1. The number of rotatable bonds is 7. The Bertz CT molecular complexity index is 503. The minimum atomic E-state index is -0.594. The first kappa shape index (κ1) is 17.1. The van der Waals surface area contributed by atoms with Crippen molar-refractivity contribution in [2.75, 3.05) is 26.1 Å². The number of benzene rings is 1. The second-order valence-corrected chi connectivity index (χ2v) is 4.79. The van der Waals surface area contributed by atoms with Crippen LogP contribution in [0.1, 0.15) is 28.8 Å². The van der Waals surface area contributed by atoms with Crippen LogP contribution in [0.5, 0.6) is 0 Å². The monoisotopic (exact) mass is 293 g/mol. The van der Waals surface area contributed by atoms with E-state index in [1.165, 1.54) is 0 Å². The van der Waals surface area contributed by atoms with Gasteiger partial charge in [0.25, 0.3) is 5.91 Å². The SMILES string of the molecule is CNC(=O)c1cccc(NC(=O)C(N)CCCOC)c1C. The van der Waals surface area contributed by atoms with E-state index in [0.717, 1.165) is 6.42 Å². The summed E-state index contributed by atoms with van der Waals surface area (Å²) in [5.41, 5.74) is 7.68. The van der Waals surface area contributed by atoms with Gasteiger partial charge >= 0.3 is 0 Å². The number of nitrogens with one attached hydrogen (secondary N) is 2. The lowest BCUT2D eigenvalue weighted by atomic mass is 10.1. The van der Waals surface area contributed by atoms with Crippen LogP contribution in [-0.4, -0.2) is 38.6 Å². The molecule has 1 aromatic carbocycles. The van der Waals surface area contributed by atoms with Crippen molar-refractivity contribution in [3.8, 4) is 0 Å². The Labute approximate surface area is 125 Å². The maximum Gasteiger partial charge on any atom is 0.251 e. The van der Waals surface area contributed by atoms with Crippen molar-refractivity contribution in [3.05, 3.63) is 29.3 Å². The van der Waals surface area contributed by atoms with E-state index in [9.17, 15) is 9.59 Å². The third kappa shape index (κ3) is 4.84. The summed E-state index contributed by atoms with van der Waals surface area (Å²) in [7, 11) is 3.18. The molecule has 1 aromatic rings. The molecule has 2 amide bonds. The van der Waals surface area contributed by atoms with Gasteiger partial charge in [-0.2, -0.15) is 0 Å². The normalized spacial score (nSPS) is 11.8. The molecule has 1 atom stereocenters. The summed E-state index contributed by atoms with van der Waals surface area (Å²) < 4.78 is 4.93. The zero-order chi connectivity index (χ0) is 15.8. The van der Waals surface area contributed by atoms with Gasteiger partial charge in [0.15, 0.2) is 0 Å². The average Bonchev–Trinajstić information content (AvgIpc) is 2.48. The third-order valence-corrected chi connectivity index (χ3v) is 3.26. The third-order valence-electron chi connectivity index (χ3n) is 3.26. The van der Waals surface area contributed by atoms with Crippen LogP contribution in [0.15, 0.2) is 18.2 Å². The highest BCUT2D eigenvalue weighted by atomic mass is 16.5. The summed E-state index contributed by atoms with van der Waals surface area (Å²) >= 11 is 0. The van der Waals surface area contributed by atoms with Crippen LogP contribution in [0.2, 0.25) is 0 Å². The number of hydrogen-bond acceptors (Lipinski definition) is 4. The number of nitrogens with two attached hydrogens (primary N) is 1. The van der Waals surface area contributed by atoms with E-state index in [-0.39, 0.29) is 11.8 Å². The van der Waals surface area contributed by atoms with Gasteiger partial charge in [-0.05, 0) is 37.5 Å². The first-order chi connectivity index (χ1) is 10.0. The number of ether oxygens (including phenoxy) is 1. The molecule has 0 aromatic heterocycles. The molecule has 0 spiro atoms. The predicted octanol–water partition coefficient (Wildman–Crippen LogP) is 1.05. The summed E-state index contributed by atoms with van der Waals surface area (Å²) in [6, 6.07) is 4.59. The van der Waals surface area contributed by atoms with Crippen molar-refractivity contribution in [2.24, 2.45) is 5.73 Å². The Hall–Kier alpha value is -1.92. The number of carbonyl (C=O) groups is 2. The molecule has 1 unspecified atom stereocenters. The molecule has 0 bridgehead atoms. The van der Waals surface area contributed by atoms with E-state index in [1.54, 1.807) is 39.3 Å². The molecule has 0 aliphatic rings. The van der Waals surface area contributed by atoms with E-state index >= 15 is 0 Å². The quantitative estimate of drug-likeness (QED) is 0.655. The van der Waals surface area contributed by atoms with Gasteiger partial charge < -0.3 is 21.1 Å². The van der Waals surface area contributed by atoms with E-state index < -0.39 is 6.04 Å². The van der Waals surface area contributed by atoms with Crippen LogP contribution in [-0.2, 0) is 9.53 Å². The Morgan fingerprint density at radius 1 is 1.38 bits per heavy atom. The van der Waals surface area contributed by atoms with E-state index in [2.05, 4.69) is 10.6 Å². The first-order valence-electron chi connectivity index (χ1n) is 6.88. The molecule has 4 N–H and O–H groups in total. The second kappa shape index (κ2) is 8.39.